The molecule has 9 aromatic carbocycles. The van der Waals surface area contributed by atoms with Crippen molar-refractivity contribution in [3.63, 3.8) is 0 Å². The first kappa shape index (κ1) is 34.0. The maximum atomic E-state index is 6.93. The molecule has 0 radical (unpaired) electrons. The van der Waals surface area contributed by atoms with Crippen molar-refractivity contribution in [3.05, 3.63) is 212 Å². The first-order valence-electron chi connectivity index (χ1n) is 20.3. The number of hydrogen-bond donors (Lipinski definition) is 0. The molecule has 0 aliphatic rings. The molecule has 0 spiro atoms. The lowest BCUT2D eigenvalue weighted by Crippen LogP contribution is -1.95. The van der Waals surface area contributed by atoms with Crippen molar-refractivity contribution in [2.45, 2.75) is 0 Å². The molecule has 0 aliphatic heterocycles. The summed E-state index contributed by atoms with van der Waals surface area (Å²) in [6.45, 7) is 0. The molecule has 12 aromatic rings. The molecule has 0 unspecified atom stereocenters. The second-order valence-electron chi connectivity index (χ2n) is 15.4. The predicted octanol–water partition coefficient (Wildman–Crippen LogP) is 15.0. The van der Waals surface area contributed by atoms with E-state index in [0.29, 0.717) is 5.82 Å². The van der Waals surface area contributed by atoms with Crippen LogP contribution in [-0.4, -0.2) is 14.5 Å². The van der Waals surface area contributed by atoms with Gasteiger partial charge < -0.3 is 8.98 Å². The van der Waals surface area contributed by atoms with Crippen molar-refractivity contribution in [1.29, 1.82) is 0 Å². The lowest BCUT2D eigenvalue weighted by atomic mass is 10.0. The van der Waals surface area contributed by atoms with Crippen LogP contribution in [0.2, 0.25) is 0 Å². The number of nitrogens with zero attached hydrogens (tertiary/aromatic N) is 3. The number of hydrogen-bond acceptors (Lipinski definition) is 3. The van der Waals surface area contributed by atoms with E-state index in [1.807, 2.05) is 18.2 Å². The van der Waals surface area contributed by atoms with Crippen LogP contribution in [0.15, 0.2) is 217 Å². The standard InChI is InChI=1S/C56H35N3O/c1-4-13-36(14-5-1)39-23-25-40(26-24-39)54-46-19-10-11-21-49(46)57-56(58-54)43-27-30-44-45-20-12-22-52(55(45)60-53(44)35-43)59-50-31-28-41(37-15-6-2-7-16-37)33-47(50)48-34-42(29-32-51(48)59)38-17-8-3-9-18-38/h1-35H. The van der Waals surface area contributed by atoms with Crippen LogP contribution in [0.4, 0.5) is 0 Å². The number of rotatable bonds is 6. The molecule has 4 heteroatoms. The molecule has 12 rings (SSSR count). The molecule has 0 amide bonds. The van der Waals surface area contributed by atoms with E-state index >= 15 is 0 Å². The van der Waals surface area contributed by atoms with E-state index in [-0.39, 0.29) is 0 Å². The molecule has 4 nitrogen and oxygen atoms in total. The van der Waals surface area contributed by atoms with Crippen LogP contribution in [0, 0.1) is 0 Å². The van der Waals surface area contributed by atoms with E-state index in [4.69, 9.17) is 14.4 Å². The van der Waals surface area contributed by atoms with Gasteiger partial charge in [0, 0.05) is 38.1 Å². The Morgan fingerprint density at radius 1 is 0.333 bits per heavy atom. The Kier molecular flexibility index (Phi) is 7.82. The summed E-state index contributed by atoms with van der Waals surface area (Å²) >= 11 is 0. The Hall–Kier alpha value is -8.08. The summed E-state index contributed by atoms with van der Waals surface area (Å²) in [7, 11) is 0. The molecule has 0 aliphatic carbocycles. The third-order valence-corrected chi connectivity index (χ3v) is 11.8. The molecular weight excluding hydrogens is 731 g/mol. The first-order chi connectivity index (χ1) is 29.7. The van der Waals surface area contributed by atoms with Crippen molar-refractivity contribution < 1.29 is 4.42 Å². The highest BCUT2D eigenvalue weighted by Gasteiger charge is 2.20. The summed E-state index contributed by atoms with van der Waals surface area (Å²) in [5, 5.41) is 5.51. The van der Waals surface area contributed by atoms with Crippen molar-refractivity contribution in [2.75, 3.05) is 0 Å². The van der Waals surface area contributed by atoms with Gasteiger partial charge in [0.15, 0.2) is 11.4 Å². The van der Waals surface area contributed by atoms with Crippen molar-refractivity contribution in [2.24, 2.45) is 0 Å². The van der Waals surface area contributed by atoms with Crippen LogP contribution in [0.25, 0.3) is 116 Å². The molecule has 0 N–H and O–H groups in total. The van der Waals surface area contributed by atoms with Crippen LogP contribution >= 0.6 is 0 Å². The zero-order chi connectivity index (χ0) is 39.6. The number of para-hydroxylation sites is 2. The molecule has 3 aromatic heterocycles. The summed E-state index contributed by atoms with van der Waals surface area (Å²) < 4.78 is 9.30. The SMILES string of the molecule is c1ccc(-c2ccc(-c3nc(-c4ccc5c(c4)oc4c(-n6c7ccc(-c8ccccc8)cc7c7cc(-c8ccccc8)ccc76)cccc45)nc4ccccc34)cc2)cc1. The van der Waals surface area contributed by atoms with E-state index in [0.717, 1.165) is 66.4 Å². The fourth-order valence-electron chi connectivity index (χ4n) is 8.88. The summed E-state index contributed by atoms with van der Waals surface area (Å²) in [5.74, 6) is 0.657. The van der Waals surface area contributed by atoms with Crippen LogP contribution < -0.4 is 0 Å². The molecule has 3 heterocycles. The Bertz CT molecular complexity index is 3470. The molecular formula is C56H35N3O. The largest absolute Gasteiger partial charge is 0.454 e. The molecule has 0 saturated carbocycles. The minimum Gasteiger partial charge on any atom is -0.454 e. The average Bonchev–Trinajstić information content (AvgIpc) is 3.87. The number of furan rings is 1. The summed E-state index contributed by atoms with van der Waals surface area (Å²) in [4.78, 5) is 10.3. The van der Waals surface area contributed by atoms with E-state index in [9.17, 15) is 0 Å². The van der Waals surface area contributed by atoms with Gasteiger partial charge in [0.25, 0.3) is 0 Å². The molecule has 0 bridgehead atoms. The molecule has 60 heavy (non-hydrogen) atoms. The summed E-state index contributed by atoms with van der Waals surface area (Å²) in [6, 6.07) is 75.0. The van der Waals surface area contributed by atoms with Crippen LogP contribution in [0.3, 0.4) is 0 Å². The van der Waals surface area contributed by atoms with Gasteiger partial charge in [0.05, 0.1) is 27.9 Å². The second-order valence-corrected chi connectivity index (χ2v) is 15.4. The van der Waals surface area contributed by atoms with Gasteiger partial charge in [0.1, 0.15) is 5.58 Å². The Morgan fingerprint density at radius 2 is 0.850 bits per heavy atom. The number of aromatic nitrogens is 3. The molecule has 0 fully saturated rings. The van der Waals surface area contributed by atoms with Crippen LogP contribution in [0.5, 0.6) is 0 Å². The van der Waals surface area contributed by atoms with Gasteiger partial charge >= 0.3 is 0 Å². The van der Waals surface area contributed by atoms with E-state index in [2.05, 4.69) is 199 Å². The molecule has 280 valence electrons. The number of benzene rings is 9. The molecule has 0 saturated heterocycles. The summed E-state index contributed by atoms with van der Waals surface area (Å²) in [5.41, 5.74) is 15.7. The first-order valence-corrected chi connectivity index (χ1v) is 20.3. The van der Waals surface area contributed by atoms with Gasteiger partial charge in [-0.15, -0.1) is 0 Å². The van der Waals surface area contributed by atoms with Crippen LogP contribution in [-0.2, 0) is 0 Å². The zero-order valence-corrected chi connectivity index (χ0v) is 32.5. The maximum Gasteiger partial charge on any atom is 0.160 e. The van der Waals surface area contributed by atoms with Gasteiger partial charge in [-0.25, -0.2) is 9.97 Å². The highest BCUT2D eigenvalue weighted by molar-refractivity contribution is 6.14. The van der Waals surface area contributed by atoms with Gasteiger partial charge in [0.2, 0.25) is 0 Å². The highest BCUT2D eigenvalue weighted by Crippen LogP contribution is 2.41. The topological polar surface area (TPSA) is 43.9 Å². The van der Waals surface area contributed by atoms with E-state index < -0.39 is 0 Å². The van der Waals surface area contributed by atoms with E-state index in [1.165, 1.54) is 44.2 Å². The smallest absolute Gasteiger partial charge is 0.160 e. The lowest BCUT2D eigenvalue weighted by Gasteiger charge is -2.10. The van der Waals surface area contributed by atoms with Gasteiger partial charge in [-0.3, -0.25) is 0 Å². The van der Waals surface area contributed by atoms with E-state index in [1.54, 1.807) is 0 Å². The Balaban J connectivity index is 1.01. The van der Waals surface area contributed by atoms with Gasteiger partial charge in [-0.2, -0.15) is 0 Å². The fourth-order valence-corrected chi connectivity index (χ4v) is 8.88. The Morgan fingerprint density at radius 3 is 1.50 bits per heavy atom. The number of fused-ring (bicyclic) bond motifs is 7. The van der Waals surface area contributed by atoms with Crippen molar-refractivity contribution in [3.8, 4) is 61.7 Å². The Labute approximate surface area is 346 Å². The van der Waals surface area contributed by atoms with Gasteiger partial charge in [-0.05, 0) is 81.9 Å². The fraction of sp³-hybridized carbons (Fsp3) is 0. The minimum atomic E-state index is 0.657. The van der Waals surface area contributed by atoms with Crippen molar-refractivity contribution in [1.82, 2.24) is 14.5 Å². The average molecular weight is 766 g/mol. The third-order valence-electron chi connectivity index (χ3n) is 11.8. The zero-order valence-electron chi connectivity index (χ0n) is 32.5. The predicted molar refractivity (Wildman–Crippen MR) is 248 cm³/mol. The second kappa shape index (κ2) is 13.8. The van der Waals surface area contributed by atoms with Crippen molar-refractivity contribution >= 4 is 54.6 Å². The highest BCUT2D eigenvalue weighted by atomic mass is 16.3. The quantitative estimate of drug-likeness (QED) is 0.169. The minimum absolute atomic E-state index is 0.657. The van der Waals surface area contributed by atoms with Crippen LogP contribution in [0.1, 0.15) is 0 Å². The van der Waals surface area contributed by atoms with Gasteiger partial charge in [-0.1, -0.05) is 164 Å². The molecule has 0 atom stereocenters. The summed E-state index contributed by atoms with van der Waals surface area (Å²) in [6.07, 6.45) is 0. The third kappa shape index (κ3) is 5.61. The normalized spacial score (nSPS) is 11.7. The lowest BCUT2D eigenvalue weighted by molar-refractivity contribution is 0.666. The maximum absolute atomic E-state index is 6.93. The monoisotopic (exact) mass is 765 g/mol.